The molecule has 0 saturated carbocycles. The van der Waals surface area contributed by atoms with Crippen LogP contribution < -0.4 is 4.90 Å². The highest BCUT2D eigenvalue weighted by atomic mass is 35.5. The van der Waals surface area contributed by atoms with Crippen LogP contribution in [0, 0.1) is 11.7 Å². The Morgan fingerprint density at radius 3 is 2.43 bits per heavy atom. The number of nitrogens with zero attached hydrogens (tertiary/aromatic N) is 1. The van der Waals surface area contributed by atoms with Gasteiger partial charge in [-0.3, -0.25) is 0 Å². The van der Waals surface area contributed by atoms with Gasteiger partial charge in [0.05, 0.1) is 0 Å². The second-order valence-corrected chi connectivity index (χ2v) is 3.93. The van der Waals surface area contributed by atoms with E-state index in [4.69, 9.17) is 11.6 Å². The number of hydrogen-bond acceptors (Lipinski definition) is 1. The summed E-state index contributed by atoms with van der Waals surface area (Å²) in [5.74, 6) is 0.880. The summed E-state index contributed by atoms with van der Waals surface area (Å²) < 4.78 is 12.6. The van der Waals surface area contributed by atoms with E-state index >= 15 is 0 Å². The second-order valence-electron chi connectivity index (χ2n) is 3.62. The van der Waals surface area contributed by atoms with Crippen molar-refractivity contribution in [3.8, 4) is 0 Å². The number of hydrogen-bond donors (Lipinski definition) is 0. The third kappa shape index (κ3) is 3.18. The van der Waals surface area contributed by atoms with Crippen molar-refractivity contribution >= 4 is 17.3 Å². The smallest absolute Gasteiger partial charge is 0.123 e. The molecule has 0 amide bonds. The molecule has 1 nitrogen and oxygen atoms in total. The number of alkyl halides is 1. The Balaban J connectivity index is 2.60. The molecule has 1 atom stereocenters. The van der Waals surface area contributed by atoms with Gasteiger partial charge in [-0.05, 0) is 30.2 Å². The predicted octanol–water partition coefficient (Wildman–Crippen LogP) is 3.14. The third-order valence-corrected chi connectivity index (χ3v) is 2.64. The average Bonchev–Trinajstić information content (AvgIpc) is 2.18. The van der Waals surface area contributed by atoms with Crippen LogP contribution in [-0.4, -0.2) is 19.5 Å². The normalized spacial score (nSPS) is 12.6. The number of rotatable bonds is 4. The zero-order chi connectivity index (χ0) is 10.6. The maximum atomic E-state index is 12.6. The van der Waals surface area contributed by atoms with E-state index in [0.717, 1.165) is 12.2 Å². The molecule has 1 aromatic carbocycles. The van der Waals surface area contributed by atoms with Gasteiger partial charge in [-0.2, -0.15) is 0 Å². The Bertz CT molecular complexity index is 273. The Morgan fingerprint density at radius 2 is 1.93 bits per heavy atom. The Hall–Kier alpha value is -0.760. The summed E-state index contributed by atoms with van der Waals surface area (Å²) in [6, 6.07) is 6.49. The summed E-state index contributed by atoms with van der Waals surface area (Å²) in [6.45, 7) is 2.97. The molecule has 0 fully saturated rings. The van der Waals surface area contributed by atoms with Crippen LogP contribution in [0.4, 0.5) is 10.1 Å². The molecule has 0 radical (unpaired) electrons. The van der Waals surface area contributed by atoms with Crippen molar-refractivity contribution in [1.82, 2.24) is 0 Å². The molecule has 78 valence electrons. The molecule has 1 aromatic rings. The van der Waals surface area contributed by atoms with Gasteiger partial charge in [-0.1, -0.05) is 6.92 Å². The highest BCUT2D eigenvalue weighted by Crippen LogP contribution is 2.14. The van der Waals surface area contributed by atoms with Crippen LogP contribution in [0.15, 0.2) is 24.3 Å². The van der Waals surface area contributed by atoms with E-state index < -0.39 is 0 Å². The fourth-order valence-corrected chi connectivity index (χ4v) is 1.41. The first-order chi connectivity index (χ1) is 6.63. The van der Waals surface area contributed by atoms with E-state index in [1.165, 1.54) is 12.1 Å². The molecule has 14 heavy (non-hydrogen) atoms. The molecule has 0 aromatic heterocycles. The molecule has 0 heterocycles. The molecule has 0 saturated heterocycles. The highest BCUT2D eigenvalue weighted by Gasteiger charge is 2.05. The van der Waals surface area contributed by atoms with Gasteiger partial charge in [-0.15, -0.1) is 11.6 Å². The molecule has 0 aliphatic rings. The SMILES string of the molecule is CC(CCl)CN(C)c1ccc(F)cc1. The predicted molar refractivity (Wildman–Crippen MR) is 59.6 cm³/mol. The molecular formula is C11H15ClFN. The first-order valence-corrected chi connectivity index (χ1v) is 5.19. The van der Waals surface area contributed by atoms with Gasteiger partial charge < -0.3 is 4.90 Å². The number of benzene rings is 1. The average molecular weight is 216 g/mol. The molecule has 3 heteroatoms. The van der Waals surface area contributed by atoms with Gasteiger partial charge in [0.15, 0.2) is 0 Å². The monoisotopic (exact) mass is 215 g/mol. The number of halogens is 2. The maximum absolute atomic E-state index is 12.6. The van der Waals surface area contributed by atoms with Gasteiger partial charge in [0.25, 0.3) is 0 Å². The van der Waals surface area contributed by atoms with E-state index in [0.29, 0.717) is 11.8 Å². The lowest BCUT2D eigenvalue weighted by atomic mass is 10.2. The van der Waals surface area contributed by atoms with Crippen molar-refractivity contribution in [3.05, 3.63) is 30.1 Å². The first-order valence-electron chi connectivity index (χ1n) is 4.66. The fraction of sp³-hybridized carbons (Fsp3) is 0.455. The molecular weight excluding hydrogens is 201 g/mol. The van der Waals surface area contributed by atoms with Gasteiger partial charge in [-0.25, -0.2) is 4.39 Å². The summed E-state index contributed by atoms with van der Waals surface area (Å²) in [4.78, 5) is 2.08. The summed E-state index contributed by atoms with van der Waals surface area (Å²) in [7, 11) is 1.98. The zero-order valence-corrected chi connectivity index (χ0v) is 9.26. The van der Waals surface area contributed by atoms with Gasteiger partial charge >= 0.3 is 0 Å². The van der Waals surface area contributed by atoms with E-state index in [1.54, 1.807) is 12.1 Å². The van der Waals surface area contributed by atoms with Crippen molar-refractivity contribution in [3.63, 3.8) is 0 Å². The minimum absolute atomic E-state index is 0.201. The van der Waals surface area contributed by atoms with Crippen LogP contribution >= 0.6 is 11.6 Å². The van der Waals surface area contributed by atoms with Crippen LogP contribution in [0.25, 0.3) is 0 Å². The van der Waals surface area contributed by atoms with E-state index in [-0.39, 0.29) is 5.82 Å². The lowest BCUT2D eigenvalue weighted by Crippen LogP contribution is -2.24. The summed E-state index contributed by atoms with van der Waals surface area (Å²) in [5, 5.41) is 0. The topological polar surface area (TPSA) is 3.24 Å². The van der Waals surface area contributed by atoms with Crippen molar-refractivity contribution in [2.75, 3.05) is 24.4 Å². The van der Waals surface area contributed by atoms with Gasteiger partial charge in [0, 0.05) is 25.2 Å². The molecule has 0 aliphatic carbocycles. The maximum Gasteiger partial charge on any atom is 0.123 e. The zero-order valence-electron chi connectivity index (χ0n) is 8.50. The number of anilines is 1. The Labute approximate surface area is 89.5 Å². The summed E-state index contributed by atoms with van der Waals surface area (Å²) in [5.41, 5.74) is 1.02. The molecule has 1 unspecified atom stereocenters. The lowest BCUT2D eigenvalue weighted by molar-refractivity contribution is 0.625. The van der Waals surface area contributed by atoms with Crippen molar-refractivity contribution < 1.29 is 4.39 Å². The standard InChI is InChI=1S/C11H15ClFN/c1-9(7-12)8-14(2)11-5-3-10(13)4-6-11/h3-6,9H,7-8H2,1-2H3. The lowest BCUT2D eigenvalue weighted by Gasteiger charge is -2.22. The molecule has 0 bridgehead atoms. The van der Waals surface area contributed by atoms with E-state index in [9.17, 15) is 4.39 Å². The van der Waals surface area contributed by atoms with Crippen LogP contribution in [0.2, 0.25) is 0 Å². The minimum atomic E-state index is -0.201. The van der Waals surface area contributed by atoms with Crippen LogP contribution in [0.3, 0.4) is 0 Å². The second kappa shape index (κ2) is 5.20. The fourth-order valence-electron chi connectivity index (χ4n) is 1.32. The van der Waals surface area contributed by atoms with Gasteiger partial charge in [0.1, 0.15) is 5.82 Å². The third-order valence-electron chi connectivity index (χ3n) is 2.12. The van der Waals surface area contributed by atoms with E-state index in [2.05, 4.69) is 11.8 Å². The largest absolute Gasteiger partial charge is 0.374 e. The molecule has 0 spiro atoms. The Kier molecular flexibility index (Phi) is 4.21. The van der Waals surface area contributed by atoms with Crippen molar-refractivity contribution in [1.29, 1.82) is 0 Å². The first kappa shape index (κ1) is 11.3. The quantitative estimate of drug-likeness (QED) is 0.698. The summed E-state index contributed by atoms with van der Waals surface area (Å²) >= 11 is 5.72. The van der Waals surface area contributed by atoms with E-state index in [1.807, 2.05) is 7.05 Å². The molecule has 0 aliphatic heterocycles. The Morgan fingerprint density at radius 1 is 1.36 bits per heavy atom. The van der Waals surface area contributed by atoms with Crippen LogP contribution in [0.5, 0.6) is 0 Å². The summed E-state index contributed by atoms with van der Waals surface area (Å²) in [6.07, 6.45) is 0. The highest BCUT2D eigenvalue weighted by molar-refractivity contribution is 6.18. The van der Waals surface area contributed by atoms with Crippen molar-refractivity contribution in [2.24, 2.45) is 5.92 Å². The molecule has 1 rings (SSSR count). The van der Waals surface area contributed by atoms with Crippen LogP contribution in [-0.2, 0) is 0 Å². The molecule has 0 N–H and O–H groups in total. The van der Waals surface area contributed by atoms with Gasteiger partial charge in [0.2, 0.25) is 0 Å². The van der Waals surface area contributed by atoms with Crippen LogP contribution in [0.1, 0.15) is 6.92 Å². The minimum Gasteiger partial charge on any atom is -0.374 e. The van der Waals surface area contributed by atoms with Crippen molar-refractivity contribution in [2.45, 2.75) is 6.92 Å².